The van der Waals surface area contributed by atoms with E-state index in [0.29, 0.717) is 5.92 Å². The lowest BCUT2D eigenvalue weighted by atomic mass is 9.90. The molecule has 0 unspecified atom stereocenters. The molecule has 3 heterocycles. The van der Waals surface area contributed by atoms with Crippen LogP contribution < -0.4 is 10.2 Å². The highest BCUT2D eigenvalue weighted by Gasteiger charge is 2.30. The van der Waals surface area contributed by atoms with Crippen molar-refractivity contribution in [3.63, 3.8) is 0 Å². The van der Waals surface area contributed by atoms with Crippen LogP contribution in [0.15, 0.2) is 36.0 Å². The first-order valence-corrected chi connectivity index (χ1v) is 10.5. The Labute approximate surface area is 159 Å². The van der Waals surface area contributed by atoms with Gasteiger partial charge in [-0.1, -0.05) is 32.8 Å². The summed E-state index contributed by atoms with van der Waals surface area (Å²) in [6, 6.07) is 6.17. The quantitative estimate of drug-likeness (QED) is 0.797. The molecule has 6 heteroatoms. The summed E-state index contributed by atoms with van der Waals surface area (Å²) in [5, 5.41) is 5.46. The second-order valence-corrected chi connectivity index (χ2v) is 7.87. The summed E-state index contributed by atoms with van der Waals surface area (Å²) in [5.41, 5.74) is 0. The van der Waals surface area contributed by atoms with E-state index in [-0.39, 0.29) is 17.9 Å². The van der Waals surface area contributed by atoms with Gasteiger partial charge in [-0.2, -0.15) is 0 Å². The molecule has 0 aliphatic carbocycles. The molecule has 0 aromatic carbocycles. The zero-order valence-electron chi connectivity index (χ0n) is 15.6. The summed E-state index contributed by atoms with van der Waals surface area (Å²) >= 11 is 1.74. The number of aromatic nitrogens is 2. The van der Waals surface area contributed by atoms with E-state index < -0.39 is 0 Å². The van der Waals surface area contributed by atoms with Gasteiger partial charge in [0.1, 0.15) is 0 Å². The Kier molecular flexibility index (Phi) is 6.61. The van der Waals surface area contributed by atoms with Gasteiger partial charge in [-0.05, 0) is 36.3 Å². The molecule has 1 fully saturated rings. The number of hydrogen-bond acceptors (Lipinski definition) is 5. The van der Waals surface area contributed by atoms with Crippen LogP contribution >= 0.6 is 11.3 Å². The van der Waals surface area contributed by atoms with E-state index in [2.05, 4.69) is 51.5 Å². The predicted molar refractivity (Wildman–Crippen MR) is 106 cm³/mol. The SMILES string of the molecule is CCC(CC)[C@H](NC(=O)C1CCN(c2ncccn2)CC1)c1cccs1. The minimum atomic E-state index is 0.0757. The highest BCUT2D eigenvalue weighted by Crippen LogP contribution is 2.31. The first kappa shape index (κ1) is 18.8. The number of nitrogens with zero attached hydrogens (tertiary/aromatic N) is 3. The van der Waals surface area contributed by atoms with Crippen molar-refractivity contribution >= 4 is 23.2 Å². The second-order valence-electron chi connectivity index (χ2n) is 6.89. The molecular formula is C20H28N4OS. The normalized spacial score (nSPS) is 16.7. The molecule has 3 rings (SSSR count). The summed E-state index contributed by atoms with van der Waals surface area (Å²) in [6.45, 7) is 6.08. The number of amides is 1. The highest BCUT2D eigenvalue weighted by molar-refractivity contribution is 7.10. The molecular weight excluding hydrogens is 344 g/mol. The van der Waals surface area contributed by atoms with E-state index in [1.807, 2.05) is 6.07 Å². The fourth-order valence-corrected chi connectivity index (χ4v) is 4.59. The Morgan fingerprint density at radius 2 is 1.92 bits per heavy atom. The van der Waals surface area contributed by atoms with Crippen LogP contribution in [0.5, 0.6) is 0 Å². The zero-order chi connectivity index (χ0) is 18.4. The molecule has 0 radical (unpaired) electrons. The number of nitrogens with one attached hydrogen (secondary N) is 1. The van der Waals surface area contributed by atoms with Gasteiger partial charge in [-0.15, -0.1) is 11.3 Å². The highest BCUT2D eigenvalue weighted by atomic mass is 32.1. The van der Waals surface area contributed by atoms with Gasteiger partial charge in [0.25, 0.3) is 0 Å². The topological polar surface area (TPSA) is 58.1 Å². The molecule has 2 aromatic heterocycles. The molecule has 1 saturated heterocycles. The monoisotopic (exact) mass is 372 g/mol. The van der Waals surface area contributed by atoms with Crippen LogP contribution in [0.25, 0.3) is 0 Å². The van der Waals surface area contributed by atoms with E-state index in [1.165, 1.54) is 4.88 Å². The van der Waals surface area contributed by atoms with Gasteiger partial charge in [-0.25, -0.2) is 9.97 Å². The van der Waals surface area contributed by atoms with Crippen molar-refractivity contribution in [2.24, 2.45) is 11.8 Å². The maximum Gasteiger partial charge on any atom is 0.225 e. The van der Waals surface area contributed by atoms with Crippen LogP contribution in [0.1, 0.15) is 50.4 Å². The number of carbonyl (C=O) groups is 1. The van der Waals surface area contributed by atoms with Gasteiger partial charge < -0.3 is 10.2 Å². The molecule has 140 valence electrons. The van der Waals surface area contributed by atoms with Crippen molar-refractivity contribution in [2.75, 3.05) is 18.0 Å². The Bertz CT molecular complexity index is 664. The largest absolute Gasteiger partial charge is 0.348 e. The second kappa shape index (κ2) is 9.12. The van der Waals surface area contributed by atoms with E-state index in [1.54, 1.807) is 23.7 Å². The van der Waals surface area contributed by atoms with Crippen molar-refractivity contribution in [2.45, 2.75) is 45.6 Å². The van der Waals surface area contributed by atoms with Crippen LogP contribution in [0, 0.1) is 11.8 Å². The van der Waals surface area contributed by atoms with Crippen LogP contribution in [0.3, 0.4) is 0 Å². The number of carbonyl (C=O) groups excluding carboxylic acids is 1. The first-order chi connectivity index (χ1) is 12.7. The summed E-state index contributed by atoms with van der Waals surface area (Å²) in [7, 11) is 0. The third-order valence-corrected chi connectivity index (χ3v) is 6.32. The molecule has 1 aliphatic heterocycles. The molecule has 0 spiro atoms. The lowest BCUT2D eigenvalue weighted by Crippen LogP contribution is -2.43. The predicted octanol–water partition coefficient (Wildman–Crippen LogP) is 4.05. The van der Waals surface area contributed by atoms with Crippen LogP contribution in [0.2, 0.25) is 0 Å². The van der Waals surface area contributed by atoms with Crippen molar-refractivity contribution < 1.29 is 4.79 Å². The summed E-state index contributed by atoms with van der Waals surface area (Å²) < 4.78 is 0. The molecule has 0 saturated carbocycles. The van der Waals surface area contributed by atoms with Crippen LogP contribution in [-0.4, -0.2) is 29.0 Å². The maximum atomic E-state index is 12.9. The third kappa shape index (κ3) is 4.41. The van der Waals surface area contributed by atoms with Crippen LogP contribution in [0.4, 0.5) is 5.95 Å². The molecule has 0 bridgehead atoms. The average molecular weight is 373 g/mol. The number of rotatable bonds is 7. The van der Waals surface area contributed by atoms with Crippen molar-refractivity contribution in [1.29, 1.82) is 0 Å². The summed E-state index contributed by atoms with van der Waals surface area (Å²) in [5.74, 6) is 1.52. The first-order valence-electron chi connectivity index (χ1n) is 9.58. The number of anilines is 1. The van der Waals surface area contributed by atoms with E-state index in [0.717, 1.165) is 44.7 Å². The fraction of sp³-hybridized carbons (Fsp3) is 0.550. The van der Waals surface area contributed by atoms with E-state index in [4.69, 9.17) is 0 Å². The Morgan fingerprint density at radius 1 is 1.23 bits per heavy atom. The van der Waals surface area contributed by atoms with Gasteiger partial charge in [0, 0.05) is 36.3 Å². The molecule has 2 aromatic rings. The number of thiophene rings is 1. The van der Waals surface area contributed by atoms with Crippen molar-refractivity contribution in [1.82, 2.24) is 15.3 Å². The summed E-state index contributed by atoms with van der Waals surface area (Å²) in [6.07, 6.45) is 7.38. The Hall–Kier alpha value is -1.95. The third-order valence-electron chi connectivity index (χ3n) is 5.37. The van der Waals surface area contributed by atoms with Gasteiger partial charge in [0.05, 0.1) is 6.04 Å². The minimum absolute atomic E-state index is 0.0757. The number of piperidine rings is 1. The van der Waals surface area contributed by atoms with E-state index in [9.17, 15) is 4.79 Å². The van der Waals surface area contributed by atoms with E-state index >= 15 is 0 Å². The van der Waals surface area contributed by atoms with Gasteiger partial charge >= 0.3 is 0 Å². The average Bonchev–Trinajstić information content (AvgIpc) is 3.23. The molecule has 1 aliphatic rings. The molecule has 26 heavy (non-hydrogen) atoms. The number of hydrogen-bond donors (Lipinski definition) is 1. The molecule has 1 N–H and O–H groups in total. The van der Waals surface area contributed by atoms with Crippen molar-refractivity contribution in [3.05, 3.63) is 40.8 Å². The van der Waals surface area contributed by atoms with Crippen LogP contribution in [-0.2, 0) is 4.79 Å². The van der Waals surface area contributed by atoms with Gasteiger partial charge in [-0.3, -0.25) is 4.79 Å². The molecule has 1 atom stereocenters. The minimum Gasteiger partial charge on any atom is -0.348 e. The van der Waals surface area contributed by atoms with Gasteiger partial charge in [0.15, 0.2) is 0 Å². The lowest BCUT2D eigenvalue weighted by molar-refractivity contribution is -0.126. The molecule has 5 nitrogen and oxygen atoms in total. The summed E-state index contributed by atoms with van der Waals surface area (Å²) in [4.78, 5) is 25.0. The molecule has 1 amide bonds. The maximum absolute atomic E-state index is 12.9. The lowest BCUT2D eigenvalue weighted by Gasteiger charge is -2.33. The fourth-order valence-electron chi connectivity index (χ4n) is 3.72. The smallest absolute Gasteiger partial charge is 0.225 e. The van der Waals surface area contributed by atoms with Gasteiger partial charge in [0.2, 0.25) is 11.9 Å². The Morgan fingerprint density at radius 3 is 2.50 bits per heavy atom. The zero-order valence-corrected chi connectivity index (χ0v) is 16.4. The standard InChI is InChI=1S/C20H28N4OS/c1-3-15(4-2)18(17-7-5-14-26-17)23-19(25)16-8-12-24(13-9-16)20-21-10-6-11-22-20/h5-7,10-11,14-16,18H,3-4,8-9,12-13H2,1-2H3,(H,23,25)/t18-/m0/s1. The Balaban J connectivity index is 1.60. The van der Waals surface area contributed by atoms with Crippen molar-refractivity contribution in [3.8, 4) is 0 Å².